The average Bonchev–Trinajstić information content (AvgIpc) is 2.57. The maximum Gasteiger partial charge on any atom is 0.325 e. The highest BCUT2D eigenvalue weighted by atomic mass is 32.2. The summed E-state index contributed by atoms with van der Waals surface area (Å²) >= 11 is 1.27. The first-order valence-electron chi connectivity index (χ1n) is 7.17. The fourth-order valence-electron chi connectivity index (χ4n) is 1.96. The van der Waals surface area contributed by atoms with Crippen molar-refractivity contribution in [2.45, 2.75) is 29.5 Å². The molecule has 0 heterocycles. The van der Waals surface area contributed by atoms with Crippen LogP contribution in [0.1, 0.15) is 13.8 Å². The highest BCUT2D eigenvalue weighted by molar-refractivity contribution is 8.00. The van der Waals surface area contributed by atoms with Gasteiger partial charge in [0.25, 0.3) is 0 Å². The molecular weight excluding hydrogens is 354 g/mol. The van der Waals surface area contributed by atoms with E-state index in [2.05, 4.69) is 4.72 Å². The monoisotopic (exact) mass is 377 g/mol. The number of aliphatic hydroxyl groups excluding tert-OH is 1. The second kappa shape index (κ2) is 8.70. The molecule has 9 heteroatoms. The van der Waals surface area contributed by atoms with Gasteiger partial charge < -0.3 is 14.6 Å². The number of carbonyl (C=O) groups is 1. The van der Waals surface area contributed by atoms with Crippen molar-refractivity contribution in [1.82, 2.24) is 4.72 Å². The van der Waals surface area contributed by atoms with E-state index in [-0.39, 0.29) is 11.5 Å². The first-order chi connectivity index (χ1) is 11.2. The van der Waals surface area contributed by atoms with Crippen LogP contribution in [0.25, 0.3) is 0 Å². The molecule has 0 saturated heterocycles. The Kier molecular flexibility index (Phi) is 7.53. The van der Waals surface area contributed by atoms with E-state index in [9.17, 15) is 13.2 Å². The molecule has 0 amide bonds. The fourth-order valence-corrected chi connectivity index (χ4v) is 4.31. The van der Waals surface area contributed by atoms with Crippen molar-refractivity contribution in [3.63, 3.8) is 0 Å². The van der Waals surface area contributed by atoms with Crippen molar-refractivity contribution in [3.05, 3.63) is 24.3 Å². The summed E-state index contributed by atoms with van der Waals surface area (Å²) < 4.78 is 36.5. The molecule has 0 bridgehead atoms. The molecule has 0 spiro atoms. The smallest absolute Gasteiger partial charge is 0.325 e. The van der Waals surface area contributed by atoms with Crippen LogP contribution in [0.3, 0.4) is 0 Å². The number of thioether (sulfide) groups is 1. The standard InChI is InChI=1S/C15H23NO6S2/c1-15(2,23-10-9-17)13(14(18)22-4)16-24(19,20)12-7-5-11(21-3)6-8-12/h5-8,13,16-17H,9-10H2,1-4H3/t13-/m0/s1. The molecule has 136 valence electrons. The third-order valence-corrected chi connectivity index (χ3v) is 6.15. The van der Waals surface area contributed by atoms with Crippen LogP contribution in [-0.2, 0) is 19.6 Å². The molecule has 0 saturated carbocycles. The maximum atomic E-state index is 12.6. The summed E-state index contributed by atoms with van der Waals surface area (Å²) in [6.07, 6.45) is 0. The lowest BCUT2D eigenvalue weighted by Crippen LogP contribution is -2.53. The van der Waals surface area contributed by atoms with E-state index in [1.54, 1.807) is 13.8 Å². The highest BCUT2D eigenvalue weighted by Gasteiger charge is 2.39. The lowest BCUT2D eigenvalue weighted by Gasteiger charge is -2.32. The van der Waals surface area contributed by atoms with E-state index < -0.39 is 26.8 Å². The molecule has 0 unspecified atom stereocenters. The van der Waals surface area contributed by atoms with Gasteiger partial charge >= 0.3 is 5.97 Å². The molecule has 1 atom stereocenters. The lowest BCUT2D eigenvalue weighted by molar-refractivity contribution is -0.143. The lowest BCUT2D eigenvalue weighted by atomic mass is 10.0. The summed E-state index contributed by atoms with van der Waals surface area (Å²) in [6.45, 7) is 3.35. The predicted octanol–water partition coefficient (Wildman–Crippen LogP) is 1.02. The Bertz CT molecular complexity index is 642. The van der Waals surface area contributed by atoms with Crippen LogP contribution < -0.4 is 9.46 Å². The first kappa shape index (κ1) is 20.8. The van der Waals surface area contributed by atoms with Crippen molar-refractivity contribution in [3.8, 4) is 5.75 Å². The van der Waals surface area contributed by atoms with Crippen LogP contribution >= 0.6 is 11.8 Å². The molecule has 0 aromatic heterocycles. The highest BCUT2D eigenvalue weighted by Crippen LogP contribution is 2.30. The zero-order valence-electron chi connectivity index (χ0n) is 14.1. The van der Waals surface area contributed by atoms with Gasteiger partial charge in [-0.2, -0.15) is 16.5 Å². The summed E-state index contributed by atoms with van der Waals surface area (Å²) in [4.78, 5) is 12.1. The topological polar surface area (TPSA) is 102 Å². The summed E-state index contributed by atoms with van der Waals surface area (Å²) in [5.74, 6) is 0.199. The number of benzene rings is 1. The van der Waals surface area contributed by atoms with Crippen LogP contribution in [0.2, 0.25) is 0 Å². The summed E-state index contributed by atoms with van der Waals surface area (Å²) in [5, 5.41) is 8.98. The van der Waals surface area contributed by atoms with E-state index in [1.807, 2.05) is 0 Å². The van der Waals surface area contributed by atoms with E-state index >= 15 is 0 Å². The summed E-state index contributed by atoms with van der Waals surface area (Å²) in [7, 11) is -1.25. The fraction of sp³-hybridized carbons (Fsp3) is 0.533. The van der Waals surface area contributed by atoms with Crippen LogP contribution in [0, 0.1) is 0 Å². The summed E-state index contributed by atoms with van der Waals surface area (Å²) in [6, 6.07) is 4.72. The maximum absolute atomic E-state index is 12.6. The molecule has 24 heavy (non-hydrogen) atoms. The number of rotatable bonds is 9. The van der Waals surface area contributed by atoms with E-state index in [0.717, 1.165) is 0 Å². The Morgan fingerprint density at radius 2 is 1.88 bits per heavy atom. The largest absolute Gasteiger partial charge is 0.497 e. The molecule has 1 aromatic carbocycles. The zero-order chi connectivity index (χ0) is 18.4. The van der Waals surface area contributed by atoms with Crippen LogP contribution in [-0.4, -0.2) is 56.9 Å². The number of sulfonamides is 1. The molecule has 1 rings (SSSR count). The normalized spacial score (nSPS) is 13.4. The van der Waals surface area contributed by atoms with Crippen LogP contribution in [0.5, 0.6) is 5.75 Å². The number of ether oxygens (including phenoxy) is 2. The minimum atomic E-state index is -3.93. The van der Waals surface area contributed by atoms with Crippen molar-refractivity contribution in [1.29, 1.82) is 0 Å². The quantitative estimate of drug-likeness (QED) is 0.620. The van der Waals surface area contributed by atoms with Gasteiger partial charge in [0.05, 0.1) is 25.7 Å². The van der Waals surface area contributed by atoms with Gasteiger partial charge in [-0.05, 0) is 38.1 Å². The average molecular weight is 377 g/mol. The van der Waals surface area contributed by atoms with Gasteiger partial charge in [0.15, 0.2) is 0 Å². The number of nitrogens with one attached hydrogen (secondary N) is 1. The Balaban J connectivity index is 3.09. The van der Waals surface area contributed by atoms with Gasteiger partial charge in [-0.15, -0.1) is 0 Å². The van der Waals surface area contributed by atoms with E-state index in [1.165, 1.54) is 50.2 Å². The molecule has 1 aromatic rings. The molecule has 0 fully saturated rings. The van der Waals surface area contributed by atoms with Gasteiger partial charge in [-0.25, -0.2) is 8.42 Å². The second-order valence-electron chi connectivity index (χ2n) is 5.43. The van der Waals surface area contributed by atoms with Crippen molar-refractivity contribution in [2.24, 2.45) is 0 Å². The van der Waals surface area contributed by atoms with E-state index in [4.69, 9.17) is 14.6 Å². The van der Waals surface area contributed by atoms with Gasteiger partial charge in [-0.1, -0.05) is 0 Å². The molecule has 2 N–H and O–H groups in total. The van der Waals surface area contributed by atoms with Crippen molar-refractivity contribution in [2.75, 3.05) is 26.6 Å². The number of hydrogen-bond acceptors (Lipinski definition) is 7. The third kappa shape index (κ3) is 5.37. The number of esters is 1. The number of aliphatic hydroxyl groups is 1. The molecule has 0 aliphatic rings. The minimum Gasteiger partial charge on any atom is -0.497 e. The molecular formula is C15H23NO6S2. The van der Waals surface area contributed by atoms with Gasteiger partial charge in [0.1, 0.15) is 11.8 Å². The Hall–Kier alpha value is -1.29. The SMILES string of the molecule is COC(=O)[C@H](NS(=O)(=O)c1ccc(OC)cc1)C(C)(C)SCCO. The molecule has 0 radical (unpaired) electrons. The Morgan fingerprint density at radius 3 is 2.33 bits per heavy atom. The zero-order valence-corrected chi connectivity index (χ0v) is 15.7. The van der Waals surface area contributed by atoms with Gasteiger partial charge in [0.2, 0.25) is 10.0 Å². The van der Waals surface area contributed by atoms with Crippen molar-refractivity contribution >= 4 is 27.8 Å². The number of methoxy groups -OCH3 is 2. The second-order valence-corrected chi connectivity index (χ2v) is 8.89. The predicted molar refractivity (Wildman–Crippen MR) is 92.7 cm³/mol. The molecule has 0 aliphatic heterocycles. The number of hydrogen-bond donors (Lipinski definition) is 2. The summed E-state index contributed by atoms with van der Waals surface area (Å²) in [5.41, 5.74) is 0. The molecule has 0 aliphatic carbocycles. The number of carbonyl (C=O) groups excluding carboxylic acids is 1. The molecule has 7 nitrogen and oxygen atoms in total. The first-order valence-corrected chi connectivity index (χ1v) is 9.64. The Labute approximate surface area is 146 Å². The Morgan fingerprint density at radius 1 is 1.29 bits per heavy atom. The van der Waals surface area contributed by atoms with E-state index in [0.29, 0.717) is 11.5 Å². The van der Waals surface area contributed by atoms with Crippen molar-refractivity contribution < 1.29 is 27.8 Å². The third-order valence-electron chi connectivity index (χ3n) is 3.34. The van der Waals surface area contributed by atoms with Crippen LogP contribution in [0.15, 0.2) is 29.2 Å². The van der Waals surface area contributed by atoms with Gasteiger partial charge in [-0.3, -0.25) is 4.79 Å². The van der Waals surface area contributed by atoms with Crippen LogP contribution in [0.4, 0.5) is 0 Å². The van der Waals surface area contributed by atoms with Gasteiger partial charge in [0, 0.05) is 10.5 Å². The minimum absolute atomic E-state index is 0.0140.